The van der Waals surface area contributed by atoms with Gasteiger partial charge in [-0.2, -0.15) is 0 Å². The van der Waals surface area contributed by atoms with Crippen molar-refractivity contribution in [3.63, 3.8) is 0 Å². The van der Waals surface area contributed by atoms with Gasteiger partial charge in [0.25, 0.3) is 0 Å². The fraction of sp³-hybridized carbons (Fsp3) is 1.00. The maximum Gasteiger partial charge on any atom is 0.0224 e. The Labute approximate surface area is 126 Å². The first kappa shape index (κ1) is 16.3. The van der Waals surface area contributed by atoms with E-state index in [-0.39, 0.29) is 0 Å². The summed E-state index contributed by atoms with van der Waals surface area (Å²) in [6, 6.07) is 2.44. The molecule has 0 aromatic carbocycles. The molecule has 0 spiro atoms. The van der Waals surface area contributed by atoms with E-state index in [1.165, 1.54) is 64.6 Å². The lowest BCUT2D eigenvalue weighted by atomic mass is 9.93. The second-order valence-corrected chi connectivity index (χ2v) is 7.58. The average Bonchev–Trinajstić information content (AvgIpc) is 2.45. The number of rotatable bonds is 6. The van der Waals surface area contributed by atoms with Crippen LogP contribution in [0.5, 0.6) is 0 Å². The van der Waals surface area contributed by atoms with Gasteiger partial charge in [0.1, 0.15) is 0 Å². The molecule has 0 aromatic heterocycles. The van der Waals surface area contributed by atoms with Crippen molar-refractivity contribution in [2.45, 2.75) is 90.8 Å². The minimum absolute atomic E-state index is 0.780. The van der Waals surface area contributed by atoms with E-state index in [9.17, 15) is 0 Å². The summed E-state index contributed by atoms with van der Waals surface area (Å²) in [6.07, 6.45) is 9.82. The van der Waals surface area contributed by atoms with Gasteiger partial charge in [-0.05, 0) is 45.1 Å². The van der Waals surface area contributed by atoms with Crippen LogP contribution in [0.15, 0.2) is 0 Å². The van der Waals surface area contributed by atoms with Crippen LogP contribution in [-0.4, -0.2) is 47.6 Å². The number of piperazine rings is 1. The van der Waals surface area contributed by atoms with Gasteiger partial charge in [0.2, 0.25) is 0 Å². The van der Waals surface area contributed by atoms with E-state index in [2.05, 4.69) is 37.5 Å². The van der Waals surface area contributed by atoms with Crippen LogP contribution in [0.4, 0.5) is 0 Å². The Kier molecular flexibility index (Phi) is 6.35. The Hall–Kier alpha value is -0.0800. The maximum absolute atomic E-state index is 2.85. The Morgan fingerprint density at radius 1 is 1.05 bits per heavy atom. The van der Waals surface area contributed by atoms with Gasteiger partial charge in [-0.3, -0.25) is 9.80 Å². The summed E-state index contributed by atoms with van der Waals surface area (Å²) >= 11 is 0. The van der Waals surface area contributed by atoms with E-state index in [4.69, 9.17) is 0 Å². The molecule has 2 aliphatic rings. The molecule has 3 atom stereocenters. The number of hydrogen-bond acceptors (Lipinski definition) is 2. The molecule has 2 saturated heterocycles. The second-order valence-electron chi connectivity index (χ2n) is 7.58. The summed E-state index contributed by atoms with van der Waals surface area (Å²) in [5.41, 5.74) is 0. The van der Waals surface area contributed by atoms with Crippen molar-refractivity contribution in [1.82, 2.24) is 9.80 Å². The monoisotopic (exact) mass is 280 g/mol. The van der Waals surface area contributed by atoms with Crippen LogP contribution in [0, 0.1) is 5.92 Å². The van der Waals surface area contributed by atoms with Crippen LogP contribution in [0.3, 0.4) is 0 Å². The molecule has 20 heavy (non-hydrogen) atoms. The Morgan fingerprint density at radius 2 is 1.85 bits per heavy atom. The zero-order valence-corrected chi connectivity index (χ0v) is 14.3. The highest BCUT2D eigenvalue weighted by Gasteiger charge is 2.35. The Bertz CT molecular complexity index is 277. The fourth-order valence-corrected chi connectivity index (χ4v) is 4.17. The zero-order chi connectivity index (χ0) is 14.5. The zero-order valence-electron chi connectivity index (χ0n) is 14.3. The molecule has 0 amide bonds. The topological polar surface area (TPSA) is 6.48 Å². The molecule has 2 rings (SSSR count). The Balaban J connectivity index is 1.87. The number of fused-ring (bicyclic) bond motifs is 1. The molecule has 0 bridgehead atoms. The molecule has 0 N–H and O–H groups in total. The van der Waals surface area contributed by atoms with E-state index >= 15 is 0 Å². The Morgan fingerprint density at radius 3 is 2.55 bits per heavy atom. The van der Waals surface area contributed by atoms with Gasteiger partial charge in [0, 0.05) is 31.2 Å². The SMILES string of the molecule is CCC1CN2CCCCC2CN1C(C)CCCC(C)C. The minimum atomic E-state index is 0.780. The standard InChI is InChI=1S/C18H36N2/c1-5-17-13-19-12-7-6-11-18(19)14-20(17)16(4)10-8-9-15(2)3/h15-18H,5-14H2,1-4H3. The molecule has 0 radical (unpaired) electrons. The third-order valence-electron chi connectivity index (χ3n) is 5.53. The summed E-state index contributed by atoms with van der Waals surface area (Å²) in [4.78, 5) is 5.64. The van der Waals surface area contributed by atoms with Crippen molar-refractivity contribution in [2.75, 3.05) is 19.6 Å². The first-order valence-electron chi connectivity index (χ1n) is 9.11. The molecule has 2 heterocycles. The quantitative estimate of drug-likeness (QED) is 0.721. The molecule has 3 unspecified atom stereocenters. The summed E-state index contributed by atoms with van der Waals surface area (Å²) in [5, 5.41) is 0. The predicted octanol–water partition coefficient (Wildman–Crippen LogP) is 4.15. The highest BCUT2D eigenvalue weighted by Crippen LogP contribution is 2.28. The second kappa shape index (κ2) is 7.79. The highest BCUT2D eigenvalue weighted by atomic mass is 15.3. The van der Waals surface area contributed by atoms with Crippen molar-refractivity contribution in [3.8, 4) is 0 Å². The lowest BCUT2D eigenvalue weighted by Crippen LogP contribution is -2.61. The van der Waals surface area contributed by atoms with Gasteiger partial charge in [-0.1, -0.05) is 40.0 Å². The minimum Gasteiger partial charge on any atom is -0.298 e. The fourth-order valence-electron chi connectivity index (χ4n) is 4.17. The third kappa shape index (κ3) is 4.21. The van der Waals surface area contributed by atoms with E-state index in [0.717, 1.165) is 24.0 Å². The lowest BCUT2D eigenvalue weighted by molar-refractivity contribution is -0.0138. The summed E-state index contributed by atoms with van der Waals surface area (Å²) < 4.78 is 0. The number of nitrogens with zero attached hydrogens (tertiary/aromatic N) is 2. The molecule has 2 heteroatoms. The van der Waals surface area contributed by atoms with Crippen LogP contribution < -0.4 is 0 Å². The average molecular weight is 280 g/mol. The number of hydrogen-bond donors (Lipinski definition) is 0. The largest absolute Gasteiger partial charge is 0.298 e. The molecule has 2 nitrogen and oxygen atoms in total. The first-order chi connectivity index (χ1) is 9.61. The van der Waals surface area contributed by atoms with Crippen molar-refractivity contribution in [3.05, 3.63) is 0 Å². The van der Waals surface area contributed by atoms with Gasteiger partial charge in [0.05, 0.1) is 0 Å². The smallest absolute Gasteiger partial charge is 0.0224 e. The van der Waals surface area contributed by atoms with E-state index in [1.54, 1.807) is 0 Å². The van der Waals surface area contributed by atoms with Crippen molar-refractivity contribution in [1.29, 1.82) is 0 Å². The summed E-state index contributed by atoms with van der Waals surface area (Å²) in [5.74, 6) is 0.861. The molecule has 0 aromatic rings. The molecule has 0 aliphatic carbocycles. The highest BCUT2D eigenvalue weighted by molar-refractivity contribution is 4.92. The van der Waals surface area contributed by atoms with Crippen molar-refractivity contribution >= 4 is 0 Å². The van der Waals surface area contributed by atoms with Gasteiger partial charge in [-0.25, -0.2) is 0 Å². The van der Waals surface area contributed by atoms with E-state index < -0.39 is 0 Å². The van der Waals surface area contributed by atoms with Gasteiger partial charge in [0.15, 0.2) is 0 Å². The summed E-state index contributed by atoms with van der Waals surface area (Å²) in [6.45, 7) is 13.6. The van der Waals surface area contributed by atoms with Crippen LogP contribution in [-0.2, 0) is 0 Å². The van der Waals surface area contributed by atoms with Gasteiger partial charge >= 0.3 is 0 Å². The molecule has 2 aliphatic heterocycles. The summed E-state index contributed by atoms with van der Waals surface area (Å²) in [7, 11) is 0. The van der Waals surface area contributed by atoms with Gasteiger partial charge in [-0.15, -0.1) is 0 Å². The predicted molar refractivity (Wildman–Crippen MR) is 88.1 cm³/mol. The van der Waals surface area contributed by atoms with Crippen LogP contribution in [0.2, 0.25) is 0 Å². The molecule has 118 valence electrons. The first-order valence-corrected chi connectivity index (χ1v) is 9.11. The maximum atomic E-state index is 2.85. The van der Waals surface area contributed by atoms with Crippen LogP contribution in [0.1, 0.15) is 72.6 Å². The third-order valence-corrected chi connectivity index (χ3v) is 5.53. The molecule has 2 fully saturated rings. The van der Waals surface area contributed by atoms with Crippen molar-refractivity contribution < 1.29 is 0 Å². The normalized spacial score (nSPS) is 30.4. The van der Waals surface area contributed by atoms with E-state index in [1.807, 2.05) is 0 Å². The molecular formula is C18H36N2. The van der Waals surface area contributed by atoms with E-state index in [0.29, 0.717) is 0 Å². The van der Waals surface area contributed by atoms with Crippen LogP contribution >= 0.6 is 0 Å². The lowest BCUT2D eigenvalue weighted by Gasteiger charge is -2.50. The number of piperidine rings is 1. The van der Waals surface area contributed by atoms with Gasteiger partial charge < -0.3 is 0 Å². The molecule has 0 saturated carbocycles. The molecular weight excluding hydrogens is 244 g/mol. The van der Waals surface area contributed by atoms with Crippen LogP contribution in [0.25, 0.3) is 0 Å². The van der Waals surface area contributed by atoms with Crippen molar-refractivity contribution in [2.24, 2.45) is 5.92 Å².